The molecule has 0 bridgehead atoms. The van der Waals surface area contributed by atoms with Gasteiger partial charge in [-0.2, -0.15) is 0 Å². The van der Waals surface area contributed by atoms with Gasteiger partial charge in [0.05, 0.1) is 0 Å². The fourth-order valence-corrected chi connectivity index (χ4v) is 3.37. The summed E-state index contributed by atoms with van der Waals surface area (Å²) in [4.78, 5) is 11.0. The van der Waals surface area contributed by atoms with E-state index in [0.717, 1.165) is 26.1 Å². The number of aromatic nitrogens is 2. The molecule has 0 atom stereocenters. The first-order valence-corrected chi connectivity index (χ1v) is 7.33. The molecule has 0 aliphatic rings. The number of hydrogen-bond acceptors (Lipinski definition) is 4. The van der Waals surface area contributed by atoms with Gasteiger partial charge in [-0.3, -0.25) is 0 Å². The zero-order chi connectivity index (χ0) is 13.7. The molecule has 0 saturated carbocycles. The maximum Gasteiger partial charge on any atom is 0.198 e. The molecular formula is C15H9ClN2OS. The summed E-state index contributed by atoms with van der Waals surface area (Å²) < 4.78 is 5.79. The van der Waals surface area contributed by atoms with Gasteiger partial charge < -0.3 is 4.42 Å². The predicted octanol–water partition coefficient (Wildman–Crippen LogP) is 5.07. The highest BCUT2D eigenvalue weighted by Crippen LogP contribution is 2.32. The van der Waals surface area contributed by atoms with Crippen LogP contribution in [0, 0.1) is 6.92 Å². The van der Waals surface area contributed by atoms with E-state index in [4.69, 9.17) is 16.0 Å². The van der Waals surface area contributed by atoms with Crippen molar-refractivity contribution in [3.05, 3.63) is 46.4 Å². The topological polar surface area (TPSA) is 38.9 Å². The lowest BCUT2D eigenvalue weighted by molar-refractivity contribution is 0.626. The zero-order valence-electron chi connectivity index (χ0n) is 10.6. The van der Waals surface area contributed by atoms with Crippen LogP contribution in [0.25, 0.3) is 32.8 Å². The van der Waals surface area contributed by atoms with E-state index in [2.05, 4.69) is 9.97 Å². The van der Waals surface area contributed by atoms with Crippen molar-refractivity contribution < 1.29 is 4.42 Å². The van der Waals surface area contributed by atoms with Crippen LogP contribution in [0.5, 0.6) is 0 Å². The number of para-hydroxylation sites is 1. The van der Waals surface area contributed by atoms with E-state index in [9.17, 15) is 0 Å². The number of thiophene rings is 1. The largest absolute Gasteiger partial charge is 0.453 e. The molecule has 20 heavy (non-hydrogen) atoms. The summed E-state index contributed by atoms with van der Waals surface area (Å²) in [6.07, 6.45) is 0. The van der Waals surface area contributed by atoms with Crippen molar-refractivity contribution in [1.82, 2.24) is 9.97 Å². The summed E-state index contributed by atoms with van der Waals surface area (Å²) in [5, 5.41) is 2.40. The normalized spacial score (nSPS) is 11.5. The van der Waals surface area contributed by atoms with Gasteiger partial charge in [0.15, 0.2) is 11.6 Å². The van der Waals surface area contributed by atoms with E-state index < -0.39 is 0 Å². The lowest BCUT2D eigenvalue weighted by Gasteiger charge is -1.97. The molecular weight excluding hydrogens is 292 g/mol. The second kappa shape index (κ2) is 4.30. The molecule has 0 aliphatic heterocycles. The quantitative estimate of drug-likeness (QED) is 0.461. The Labute approximate surface area is 123 Å². The maximum atomic E-state index is 6.24. The van der Waals surface area contributed by atoms with Crippen LogP contribution in [0.2, 0.25) is 5.15 Å². The first-order valence-electron chi connectivity index (χ1n) is 6.13. The Balaban J connectivity index is 1.96. The molecule has 0 saturated heterocycles. The van der Waals surface area contributed by atoms with Gasteiger partial charge in [0, 0.05) is 15.6 Å². The molecule has 0 amide bonds. The van der Waals surface area contributed by atoms with Crippen molar-refractivity contribution >= 4 is 44.1 Å². The van der Waals surface area contributed by atoms with E-state index in [-0.39, 0.29) is 0 Å². The van der Waals surface area contributed by atoms with E-state index in [1.54, 1.807) is 11.3 Å². The third-order valence-corrected chi connectivity index (χ3v) is 4.35. The number of benzene rings is 1. The lowest BCUT2D eigenvalue weighted by atomic mass is 10.2. The molecule has 0 fully saturated rings. The molecule has 1 aromatic carbocycles. The number of fused-ring (bicyclic) bond motifs is 2. The molecule has 3 nitrogen and oxygen atoms in total. The zero-order valence-corrected chi connectivity index (χ0v) is 12.1. The monoisotopic (exact) mass is 300 g/mol. The van der Waals surface area contributed by atoms with Crippen molar-refractivity contribution in [1.29, 1.82) is 0 Å². The van der Waals surface area contributed by atoms with Gasteiger partial charge in [-0.05, 0) is 25.1 Å². The Hall–Kier alpha value is -1.91. The molecule has 98 valence electrons. The number of furan rings is 1. The SMILES string of the molecule is Cc1cc2c(Cl)nc(-c3cc4ccccc4o3)nc2s1. The Morgan fingerprint density at radius 1 is 1.15 bits per heavy atom. The van der Waals surface area contributed by atoms with Crippen LogP contribution in [0.1, 0.15) is 4.88 Å². The number of nitrogens with zero attached hydrogens (tertiary/aromatic N) is 2. The van der Waals surface area contributed by atoms with Gasteiger partial charge >= 0.3 is 0 Å². The van der Waals surface area contributed by atoms with Gasteiger partial charge in [0.1, 0.15) is 15.6 Å². The number of rotatable bonds is 1. The van der Waals surface area contributed by atoms with Crippen molar-refractivity contribution in [2.45, 2.75) is 6.92 Å². The second-order valence-electron chi connectivity index (χ2n) is 4.56. The van der Waals surface area contributed by atoms with Crippen molar-refractivity contribution in [2.24, 2.45) is 0 Å². The van der Waals surface area contributed by atoms with E-state index in [0.29, 0.717) is 16.7 Å². The van der Waals surface area contributed by atoms with Crippen LogP contribution in [0.4, 0.5) is 0 Å². The van der Waals surface area contributed by atoms with E-state index in [1.807, 2.05) is 43.3 Å². The fraction of sp³-hybridized carbons (Fsp3) is 0.0667. The van der Waals surface area contributed by atoms with Gasteiger partial charge in [-0.1, -0.05) is 29.8 Å². The molecule has 0 aliphatic carbocycles. The number of halogens is 1. The molecule has 3 heterocycles. The summed E-state index contributed by atoms with van der Waals surface area (Å²) in [5.74, 6) is 1.17. The molecule has 0 radical (unpaired) electrons. The molecule has 0 spiro atoms. The third kappa shape index (κ3) is 1.80. The molecule has 5 heteroatoms. The van der Waals surface area contributed by atoms with Crippen LogP contribution in [-0.2, 0) is 0 Å². The van der Waals surface area contributed by atoms with Crippen LogP contribution >= 0.6 is 22.9 Å². The Morgan fingerprint density at radius 3 is 2.85 bits per heavy atom. The van der Waals surface area contributed by atoms with Crippen molar-refractivity contribution in [2.75, 3.05) is 0 Å². The summed E-state index contributed by atoms with van der Waals surface area (Å²) in [7, 11) is 0. The van der Waals surface area contributed by atoms with Gasteiger partial charge in [-0.25, -0.2) is 9.97 Å². The average molecular weight is 301 g/mol. The maximum absolute atomic E-state index is 6.24. The fourth-order valence-electron chi connectivity index (χ4n) is 2.21. The van der Waals surface area contributed by atoms with E-state index in [1.165, 1.54) is 0 Å². The standard InChI is InChI=1S/C15H9ClN2OS/c1-8-6-10-13(16)17-14(18-15(10)20-8)12-7-9-4-2-3-5-11(9)19-12/h2-7H,1H3. The number of hydrogen-bond donors (Lipinski definition) is 0. The molecule has 4 aromatic rings. The second-order valence-corrected chi connectivity index (χ2v) is 6.16. The highest BCUT2D eigenvalue weighted by molar-refractivity contribution is 7.18. The highest BCUT2D eigenvalue weighted by atomic mass is 35.5. The predicted molar refractivity (Wildman–Crippen MR) is 82.4 cm³/mol. The van der Waals surface area contributed by atoms with E-state index >= 15 is 0 Å². The van der Waals surface area contributed by atoms with Gasteiger partial charge in [0.25, 0.3) is 0 Å². The van der Waals surface area contributed by atoms with Crippen LogP contribution in [0.3, 0.4) is 0 Å². The molecule has 0 unspecified atom stereocenters. The minimum absolute atomic E-state index is 0.467. The smallest absolute Gasteiger partial charge is 0.198 e. The Kier molecular flexibility index (Phi) is 2.55. The summed E-state index contributed by atoms with van der Waals surface area (Å²) >= 11 is 7.84. The first-order chi connectivity index (χ1) is 9.70. The Bertz CT molecular complexity index is 909. The average Bonchev–Trinajstić information content (AvgIpc) is 3.01. The van der Waals surface area contributed by atoms with Crippen molar-refractivity contribution in [3.63, 3.8) is 0 Å². The minimum Gasteiger partial charge on any atom is -0.453 e. The van der Waals surface area contributed by atoms with Crippen LogP contribution in [-0.4, -0.2) is 9.97 Å². The van der Waals surface area contributed by atoms with Crippen LogP contribution in [0.15, 0.2) is 40.8 Å². The third-order valence-electron chi connectivity index (χ3n) is 3.12. The molecule has 4 rings (SSSR count). The van der Waals surface area contributed by atoms with Gasteiger partial charge in [-0.15, -0.1) is 11.3 Å². The lowest BCUT2D eigenvalue weighted by Crippen LogP contribution is -1.87. The first kappa shape index (κ1) is 11.9. The number of aryl methyl sites for hydroxylation is 1. The van der Waals surface area contributed by atoms with Crippen molar-refractivity contribution in [3.8, 4) is 11.6 Å². The Morgan fingerprint density at radius 2 is 2.00 bits per heavy atom. The molecule has 3 aromatic heterocycles. The summed E-state index contributed by atoms with van der Waals surface area (Å²) in [6, 6.07) is 11.8. The highest BCUT2D eigenvalue weighted by Gasteiger charge is 2.13. The van der Waals surface area contributed by atoms with Gasteiger partial charge in [0.2, 0.25) is 0 Å². The molecule has 0 N–H and O–H groups in total. The minimum atomic E-state index is 0.467. The summed E-state index contributed by atoms with van der Waals surface area (Å²) in [6.45, 7) is 2.03. The summed E-state index contributed by atoms with van der Waals surface area (Å²) in [5.41, 5.74) is 0.824. The van der Waals surface area contributed by atoms with Crippen LogP contribution < -0.4 is 0 Å².